The van der Waals surface area contributed by atoms with Crippen LogP contribution in [0.4, 0.5) is 0 Å². The van der Waals surface area contributed by atoms with Crippen LogP contribution in [0.15, 0.2) is 60.7 Å². The first-order chi connectivity index (χ1) is 14.1. The number of benzene rings is 2. The number of methoxy groups -OCH3 is 1. The summed E-state index contributed by atoms with van der Waals surface area (Å²) in [6.45, 7) is 4.42. The molecule has 0 saturated carbocycles. The predicted octanol–water partition coefficient (Wildman–Crippen LogP) is 4.25. The maximum atomic E-state index is 13.0. The second kappa shape index (κ2) is 9.84. The number of hydrogen-bond donors (Lipinski definition) is 0. The highest BCUT2D eigenvalue weighted by Gasteiger charge is 2.51. The monoisotopic (exact) mass is 393 g/mol. The van der Waals surface area contributed by atoms with Crippen molar-refractivity contribution in [2.45, 2.75) is 38.5 Å². The van der Waals surface area contributed by atoms with Crippen molar-refractivity contribution >= 4 is 11.8 Å². The fourth-order valence-corrected chi connectivity index (χ4v) is 4.58. The van der Waals surface area contributed by atoms with Gasteiger partial charge in [-0.3, -0.25) is 9.59 Å². The van der Waals surface area contributed by atoms with Crippen molar-refractivity contribution < 1.29 is 14.3 Å². The Balaban J connectivity index is 1.79. The van der Waals surface area contributed by atoms with Gasteiger partial charge in [0, 0.05) is 13.0 Å². The molecule has 0 aliphatic carbocycles. The van der Waals surface area contributed by atoms with E-state index >= 15 is 0 Å². The average Bonchev–Trinajstić information content (AvgIpc) is 2.79. The maximum absolute atomic E-state index is 13.0. The summed E-state index contributed by atoms with van der Waals surface area (Å²) in [4.78, 5) is 28.4. The molecule has 2 aromatic rings. The number of rotatable bonds is 8. The zero-order chi connectivity index (χ0) is 20.7. The lowest BCUT2D eigenvalue weighted by atomic mass is 9.64. The van der Waals surface area contributed by atoms with Crippen LogP contribution < -0.4 is 0 Å². The molecule has 0 amide bonds. The van der Waals surface area contributed by atoms with E-state index in [1.165, 1.54) is 12.7 Å². The molecule has 0 radical (unpaired) electrons. The molecule has 0 spiro atoms. The highest BCUT2D eigenvalue weighted by molar-refractivity contribution is 5.93. The van der Waals surface area contributed by atoms with Crippen LogP contribution in [0.5, 0.6) is 0 Å². The van der Waals surface area contributed by atoms with E-state index in [9.17, 15) is 9.59 Å². The fraction of sp³-hybridized carbons (Fsp3) is 0.440. The number of esters is 1. The van der Waals surface area contributed by atoms with Gasteiger partial charge in [-0.1, -0.05) is 67.6 Å². The minimum absolute atomic E-state index is 0.110. The zero-order valence-electron chi connectivity index (χ0n) is 17.5. The van der Waals surface area contributed by atoms with E-state index in [2.05, 4.69) is 29.2 Å². The molecule has 0 N–H and O–H groups in total. The summed E-state index contributed by atoms with van der Waals surface area (Å²) in [5.74, 6) is -0.590. The third-order valence-electron chi connectivity index (χ3n) is 6.26. The molecule has 1 fully saturated rings. The molecule has 0 aromatic heterocycles. The minimum atomic E-state index is -0.785. The lowest BCUT2D eigenvalue weighted by Crippen LogP contribution is -2.50. The SMILES string of the molecule is CCC(=O)C(c1ccccc1)C1(C(=O)OC)CCN(CCc2ccccc2)CC1. The van der Waals surface area contributed by atoms with Gasteiger partial charge in [-0.15, -0.1) is 0 Å². The van der Waals surface area contributed by atoms with Crippen molar-refractivity contribution in [2.24, 2.45) is 5.41 Å². The normalized spacial score (nSPS) is 17.4. The number of likely N-dealkylation sites (tertiary alicyclic amines) is 1. The zero-order valence-corrected chi connectivity index (χ0v) is 17.5. The first kappa shape index (κ1) is 21.3. The van der Waals surface area contributed by atoms with Crippen LogP contribution in [0.25, 0.3) is 0 Å². The van der Waals surface area contributed by atoms with Gasteiger partial charge in [-0.2, -0.15) is 0 Å². The van der Waals surface area contributed by atoms with Crippen LogP contribution in [-0.2, 0) is 20.7 Å². The molecule has 4 nitrogen and oxygen atoms in total. The Labute approximate surface area is 173 Å². The standard InChI is InChI=1S/C25H31NO3/c1-3-22(27)23(21-12-8-5-9-13-21)25(24(28)29-2)15-18-26(19-16-25)17-14-20-10-6-4-7-11-20/h4-13,23H,3,14-19H2,1-2H3. The summed E-state index contributed by atoms with van der Waals surface area (Å²) in [5.41, 5.74) is 1.45. The number of carbonyl (C=O) groups excluding carboxylic acids is 2. The molecular weight excluding hydrogens is 362 g/mol. The number of piperidine rings is 1. The van der Waals surface area contributed by atoms with E-state index < -0.39 is 11.3 Å². The van der Waals surface area contributed by atoms with Crippen LogP contribution in [0, 0.1) is 5.41 Å². The van der Waals surface area contributed by atoms with Gasteiger partial charge >= 0.3 is 5.97 Å². The molecular formula is C25H31NO3. The molecule has 1 atom stereocenters. The molecule has 1 aliphatic rings. The number of Topliss-reactive ketones (excluding diaryl/α,β-unsaturated/α-hetero) is 1. The molecule has 3 rings (SSSR count). The molecule has 1 heterocycles. The van der Waals surface area contributed by atoms with E-state index in [0.29, 0.717) is 19.3 Å². The highest BCUT2D eigenvalue weighted by atomic mass is 16.5. The van der Waals surface area contributed by atoms with Gasteiger partial charge in [0.1, 0.15) is 5.78 Å². The average molecular weight is 394 g/mol. The number of nitrogens with zero attached hydrogens (tertiary/aromatic N) is 1. The third kappa shape index (κ3) is 4.76. The highest BCUT2D eigenvalue weighted by Crippen LogP contribution is 2.46. The Bertz CT molecular complexity index is 795. The summed E-state index contributed by atoms with van der Waals surface area (Å²) < 4.78 is 5.25. The van der Waals surface area contributed by atoms with E-state index in [0.717, 1.165) is 31.6 Å². The Morgan fingerprint density at radius 1 is 1.00 bits per heavy atom. The largest absolute Gasteiger partial charge is 0.469 e. The summed E-state index contributed by atoms with van der Waals surface area (Å²) in [6, 6.07) is 20.2. The Morgan fingerprint density at radius 2 is 1.59 bits per heavy atom. The first-order valence-electron chi connectivity index (χ1n) is 10.5. The van der Waals surface area contributed by atoms with Crippen molar-refractivity contribution in [2.75, 3.05) is 26.7 Å². The smallest absolute Gasteiger partial charge is 0.312 e. The van der Waals surface area contributed by atoms with Crippen LogP contribution in [0.1, 0.15) is 43.2 Å². The van der Waals surface area contributed by atoms with E-state index in [1.807, 2.05) is 43.3 Å². The number of ketones is 1. The molecule has 154 valence electrons. The van der Waals surface area contributed by atoms with E-state index in [-0.39, 0.29) is 11.8 Å². The van der Waals surface area contributed by atoms with Gasteiger partial charge in [-0.05, 0) is 43.5 Å². The van der Waals surface area contributed by atoms with Crippen LogP contribution in [0.2, 0.25) is 0 Å². The summed E-state index contributed by atoms with van der Waals surface area (Å²) in [5, 5.41) is 0. The maximum Gasteiger partial charge on any atom is 0.312 e. The molecule has 1 saturated heterocycles. The fourth-order valence-electron chi connectivity index (χ4n) is 4.58. The Kier molecular flexibility index (Phi) is 7.21. The third-order valence-corrected chi connectivity index (χ3v) is 6.26. The van der Waals surface area contributed by atoms with Crippen molar-refractivity contribution in [3.63, 3.8) is 0 Å². The molecule has 4 heteroatoms. The first-order valence-corrected chi connectivity index (χ1v) is 10.5. The second-order valence-corrected chi connectivity index (χ2v) is 7.89. The Morgan fingerprint density at radius 3 is 2.14 bits per heavy atom. The van der Waals surface area contributed by atoms with Crippen molar-refractivity contribution in [1.29, 1.82) is 0 Å². The predicted molar refractivity (Wildman–Crippen MR) is 115 cm³/mol. The molecule has 1 aliphatic heterocycles. The van der Waals surface area contributed by atoms with E-state index in [4.69, 9.17) is 4.74 Å². The number of ether oxygens (including phenoxy) is 1. The van der Waals surface area contributed by atoms with Crippen molar-refractivity contribution in [3.8, 4) is 0 Å². The molecule has 29 heavy (non-hydrogen) atoms. The number of carbonyl (C=O) groups is 2. The van der Waals surface area contributed by atoms with Gasteiger partial charge in [0.2, 0.25) is 0 Å². The van der Waals surface area contributed by atoms with Crippen LogP contribution >= 0.6 is 0 Å². The van der Waals surface area contributed by atoms with Crippen LogP contribution in [0.3, 0.4) is 0 Å². The van der Waals surface area contributed by atoms with Gasteiger partial charge < -0.3 is 9.64 Å². The summed E-state index contributed by atoms with van der Waals surface area (Å²) >= 11 is 0. The van der Waals surface area contributed by atoms with Gasteiger partial charge in [-0.25, -0.2) is 0 Å². The topological polar surface area (TPSA) is 46.6 Å². The van der Waals surface area contributed by atoms with Gasteiger partial charge in [0.15, 0.2) is 0 Å². The van der Waals surface area contributed by atoms with Crippen molar-refractivity contribution in [1.82, 2.24) is 4.90 Å². The van der Waals surface area contributed by atoms with Gasteiger partial charge in [0.25, 0.3) is 0 Å². The summed E-state index contributed by atoms with van der Waals surface area (Å²) in [7, 11) is 1.43. The molecule has 1 unspecified atom stereocenters. The van der Waals surface area contributed by atoms with Crippen molar-refractivity contribution in [3.05, 3.63) is 71.8 Å². The lowest BCUT2D eigenvalue weighted by molar-refractivity contribution is -0.160. The number of hydrogen-bond acceptors (Lipinski definition) is 4. The summed E-state index contributed by atoms with van der Waals surface area (Å²) in [6.07, 6.45) is 2.68. The van der Waals surface area contributed by atoms with Gasteiger partial charge in [0.05, 0.1) is 18.4 Å². The second-order valence-electron chi connectivity index (χ2n) is 7.89. The quantitative estimate of drug-likeness (QED) is 0.629. The minimum Gasteiger partial charge on any atom is -0.469 e. The Hall–Kier alpha value is -2.46. The van der Waals surface area contributed by atoms with Crippen LogP contribution in [-0.4, -0.2) is 43.4 Å². The molecule has 2 aromatic carbocycles. The lowest BCUT2D eigenvalue weighted by Gasteiger charge is -2.44. The molecule has 0 bridgehead atoms. The van der Waals surface area contributed by atoms with E-state index in [1.54, 1.807) is 0 Å².